The van der Waals surface area contributed by atoms with Gasteiger partial charge in [0.2, 0.25) is 11.8 Å². The van der Waals surface area contributed by atoms with E-state index in [0.29, 0.717) is 11.4 Å². The predicted molar refractivity (Wildman–Crippen MR) is 168 cm³/mol. The monoisotopic (exact) mass is 598 g/mol. The summed E-state index contributed by atoms with van der Waals surface area (Å²) in [7, 11) is -1.90. The lowest BCUT2D eigenvalue weighted by Crippen LogP contribution is -2.63. The van der Waals surface area contributed by atoms with Gasteiger partial charge in [0, 0.05) is 18.4 Å². The van der Waals surface area contributed by atoms with Crippen LogP contribution in [-0.4, -0.2) is 51.5 Å². The molecule has 43 heavy (non-hydrogen) atoms. The maximum atomic E-state index is 14.6. The van der Waals surface area contributed by atoms with E-state index in [0.717, 1.165) is 28.2 Å². The van der Waals surface area contributed by atoms with Crippen molar-refractivity contribution >= 4 is 49.7 Å². The molecule has 1 aliphatic rings. The smallest absolute Gasteiger partial charge is 0.258 e. The summed E-state index contributed by atoms with van der Waals surface area (Å²) in [4.78, 5) is 44.8. The number of nitrogens with two attached hydrogens (primary N) is 1. The predicted octanol–water partition coefficient (Wildman–Crippen LogP) is 3.82. The fraction of sp³-hybridized carbons (Fsp3) is 0.242. The third-order valence-electron chi connectivity index (χ3n) is 8.49. The van der Waals surface area contributed by atoms with Crippen molar-refractivity contribution in [2.75, 3.05) is 29.6 Å². The van der Waals surface area contributed by atoms with Crippen LogP contribution in [0.5, 0.6) is 0 Å². The molecule has 0 spiro atoms. The van der Waals surface area contributed by atoms with Crippen LogP contribution in [0.3, 0.4) is 0 Å². The lowest BCUT2D eigenvalue weighted by Gasteiger charge is -2.36. The molecule has 0 saturated carbocycles. The first kappa shape index (κ1) is 29.9. The summed E-state index contributed by atoms with van der Waals surface area (Å²) < 4.78 is 24.0. The molecule has 0 aliphatic carbocycles. The van der Waals surface area contributed by atoms with Gasteiger partial charge in [-0.05, 0) is 79.2 Å². The van der Waals surface area contributed by atoms with Crippen molar-refractivity contribution in [3.63, 3.8) is 0 Å². The van der Waals surface area contributed by atoms with E-state index < -0.39 is 33.1 Å². The first-order valence-corrected chi connectivity index (χ1v) is 15.7. The Morgan fingerprint density at radius 3 is 2.21 bits per heavy atom. The van der Waals surface area contributed by atoms with Crippen LogP contribution in [0.4, 0.5) is 11.4 Å². The van der Waals surface area contributed by atoms with Crippen LogP contribution in [0.25, 0.3) is 10.8 Å². The standard InChI is InChI=1S/C33H34N4O5S/c1-21-13-14-22-9-5-6-10-25(22)26(21)19-36-28-11-7-8-12-29(28)37(20-27(31(36)39)33(2,35-3)32(34)40)30(38)23-15-17-24(18-16-23)43(4,41)42/h5-18,27,35H,19-20H2,1-4H3,(H2,34,40)/t27-,33?/m1/s1. The van der Waals surface area contributed by atoms with Crippen molar-refractivity contribution in [2.45, 2.75) is 30.8 Å². The number of hydrogen-bond donors (Lipinski definition) is 2. The molecule has 4 aromatic carbocycles. The number of para-hydroxylation sites is 2. The summed E-state index contributed by atoms with van der Waals surface area (Å²) in [5.74, 6) is -2.60. The number of benzene rings is 4. The Kier molecular flexibility index (Phi) is 7.85. The van der Waals surface area contributed by atoms with Crippen LogP contribution >= 0.6 is 0 Å². The fourth-order valence-corrected chi connectivity index (χ4v) is 6.28. The van der Waals surface area contributed by atoms with Crippen molar-refractivity contribution in [3.05, 3.63) is 102 Å². The third-order valence-corrected chi connectivity index (χ3v) is 9.61. The molecule has 5 rings (SSSR count). The number of nitrogens with zero attached hydrogens (tertiary/aromatic N) is 2. The second kappa shape index (κ2) is 11.3. The minimum atomic E-state index is -3.47. The Bertz CT molecular complexity index is 1860. The Morgan fingerprint density at radius 1 is 0.953 bits per heavy atom. The number of carbonyl (C=O) groups excluding carboxylic acids is 3. The third kappa shape index (κ3) is 5.39. The van der Waals surface area contributed by atoms with Gasteiger partial charge in [-0.25, -0.2) is 8.42 Å². The Hall–Kier alpha value is -4.54. The normalized spacial score (nSPS) is 16.8. The average molecular weight is 599 g/mol. The highest BCUT2D eigenvalue weighted by atomic mass is 32.2. The molecule has 3 amide bonds. The van der Waals surface area contributed by atoms with Gasteiger partial charge < -0.3 is 20.9 Å². The molecule has 1 unspecified atom stereocenters. The number of hydrogen-bond acceptors (Lipinski definition) is 6. The van der Waals surface area contributed by atoms with Gasteiger partial charge >= 0.3 is 0 Å². The molecule has 2 atom stereocenters. The summed E-state index contributed by atoms with van der Waals surface area (Å²) in [6.45, 7) is 3.61. The highest BCUT2D eigenvalue weighted by Crippen LogP contribution is 2.39. The van der Waals surface area contributed by atoms with Gasteiger partial charge in [0.1, 0.15) is 5.54 Å². The Morgan fingerprint density at radius 2 is 1.58 bits per heavy atom. The maximum Gasteiger partial charge on any atom is 0.258 e. The highest BCUT2D eigenvalue weighted by molar-refractivity contribution is 7.90. The number of aryl methyl sites for hydroxylation is 1. The van der Waals surface area contributed by atoms with E-state index in [1.54, 1.807) is 43.1 Å². The van der Waals surface area contributed by atoms with Crippen LogP contribution in [0, 0.1) is 12.8 Å². The van der Waals surface area contributed by atoms with E-state index in [2.05, 4.69) is 5.32 Å². The summed E-state index contributed by atoms with van der Waals surface area (Å²) in [6.07, 6.45) is 1.10. The van der Waals surface area contributed by atoms with E-state index in [9.17, 15) is 22.8 Å². The zero-order valence-electron chi connectivity index (χ0n) is 24.5. The minimum Gasteiger partial charge on any atom is -0.368 e. The maximum absolute atomic E-state index is 14.6. The van der Waals surface area contributed by atoms with Crippen molar-refractivity contribution in [2.24, 2.45) is 11.7 Å². The van der Waals surface area contributed by atoms with Crippen molar-refractivity contribution in [3.8, 4) is 0 Å². The topological polar surface area (TPSA) is 130 Å². The molecular weight excluding hydrogens is 564 g/mol. The van der Waals surface area contributed by atoms with E-state index in [1.165, 1.54) is 29.2 Å². The van der Waals surface area contributed by atoms with E-state index in [-0.39, 0.29) is 29.5 Å². The number of primary amides is 1. The Labute approximate surface area is 251 Å². The van der Waals surface area contributed by atoms with E-state index in [4.69, 9.17) is 5.73 Å². The molecule has 1 aliphatic heterocycles. The number of nitrogens with one attached hydrogen (secondary N) is 1. The number of anilines is 2. The quantitative estimate of drug-likeness (QED) is 0.333. The van der Waals surface area contributed by atoms with Crippen LogP contribution < -0.4 is 20.9 Å². The lowest BCUT2D eigenvalue weighted by atomic mass is 9.83. The van der Waals surface area contributed by atoms with Gasteiger partial charge in [-0.1, -0.05) is 48.5 Å². The Balaban J connectivity index is 1.69. The van der Waals surface area contributed by atoms with Gasteiger partial charge in [-0.3, -0.25) is 14.4 Å². The summed E-state index contributed by atoms with van der Waals surface area (Å²) in [6, 6.07) is 24.8. The molecule has 1 heterocycles. The van der Waals surface area contributed by atoms with Gasteiger partial charge in [-0.2, -0.15) is 0 Å². The number of likely N-dealkylation sites (N-methyl/N-ethyl adjacent to an activating group) is 1. The summed E-state index contributed by atoms with van der Waals surface area (Å²) in [5.41, 5.74) is 7.55. The molecule has 0 radical (unpaired) electrons. The largest absolute Gasteiger partial charge is 0.368 e. The number of fused-ring (bicyclic) bond motifs is 2. The van der Waals surface area contributed by atoms with Crippen LogP contribution in [0.15, 0.2) is 89.8 Å². The fourth-order valence-electron chi connectivity index (χ4n) is 5.65. The number of sulfone groups is 1. The minimum absolute atomic E-state index is 0.0847. The first-order chi connectivity index (χ1) is 20.4. The summed E-state index contributed by atoms with van der Waals surface area (Å²) in [5, 5.41) is 4.98. The summed E-state index contributed by atoms with van der Waals surface area (Å²) >= 11 is 0. The highest BCUT2D eigenvalue weighted by Gasteiger charge is 2.48. The van der Waals surface area contributed by atoms with Crippen molar-refractivity contribution < 1.29 is 22.8 Å². The first-order valence-electron chi connectivity index (χ1n) is 13.8. The SMILES string of the molecule is CNC(C)(C(N)=O)[C@@H]1CN(C(=O)c2ccc(S(C)(=O)=O)cc2)c2ccccc2N(Cc2c(C)ccc3ccccc23)C1=O. The van der Waals surface area contributed by atoms with Gasteiger partial charge in [0.05, 0.1) is 28.7 Å². The zero-order chi connectivity index (χ0) is 31.1. The average Bonchev–Trinajstić information content (AvgIpc) is 3.11. The molecule has 4 aromatic rings. The number of amides is 3. The molecule has 0 saturated heterocycles. The second-order valence-corrected chi connectivity index (χ2v) is 13.1. The molecule has 9 nitrogen and oxygen atoms in total. The van der Waals surface area contributed by atoms with Gasteiger partial charge in [0.25, 0.3) is 5.91 Å². The molecule has 3 N–H and O–H groups in total. The lowest BCUT2D eigenvalue weighted by molar-refractivity contribution is -0.133. The van der Waals surface area contributed by atoms with E-state index in [1.807, 2.05) is 43.3 Å². The van der Waals surface area contributed by atoms with Crippen LogP contribution in [0.2, 0.25) is 0 Å². The molecule has 0 bridgehead atoms. The molecule has 222 valence electrons. The van der Waals surface area contributed by atoms with E-state index >= 15 is 0 Å². The van der Waals surface area contributed by atoms with Crippen molar-refractivity contribution in [1.29, 1.82) is 0 Å². The second-order valence-electron chi connectivity index (χ2n) is 11.1. The van der Waals surface area contributed by atoms with Crippen LogP contribution in [-0.2, 0) is 26.0 Å². The van der Waals surface area contributed by atoms with Gasteiger partial charge in [-0.15, -0.1) is 0 Å². The van der Waals surface area contributed by atoms with Gasteiger partial charge in [0.15, 0.2) is 9.84 Å². The molecule has 0 fully saturated rings. The molecule has 10 heteroatoms. The van der Waals surface area contributed by atoms with Crippen LogP contribution in [0.1, 0.15) is 28.4 Å². The molecule has 0 aromatic heterocycles. The molecular formula is C33H34N4O5S. The number of rotatable bonds is 7. The number of carbonyl (C=O) groups is 3. The van der Waals surface area contributed by atoms with Crippen molar-refractivity contribution in [1.82, 2.24) is 5.32 Å². The zero-order valence-corrected chi connectivity index (χ0v) is 25.3.